The van der Waals surface area contributed by atoms with Crippen LogP contribution in [0.2, 0.25) is 0 Å². The summed E-state index contributed by atoms with van der Waals surface area (Å²) in [6.07, 6.45) is 1.69. The average Bonchev–Trinajstić information content (AvgIpc) is 2.70. The summed E-state index contributed by atoms with van der Waals surface area (Å²) < 4.78 is 12.9. The van der Waals surface area contributed by atoms with E-state index in [9.17, 15) is 4.39 Å². The van der Waals surface area contributed by atoms with Crippen LogP contribution in [0.5, 0.6) is 0 Å². The number of rotatable bonds is 3. The molecule has 0 aliphatic heterocycles. The maximum atomic E-state index is 12.9. The van der Waals surface area contributed by atoms with Gasteiger partial charge in [0.1, 0.15) is 5.82 Å². The van der Waals surface area contributed by atoms with E-state index in [1.165, 1.54) is 12.1 Å². The van der Waals surface area contributed by atoms with Crippen molar-refractivity contribution in [2.45, 2.75) is 13.0 Å². The minimum Gasteiger partial charge on any atom is -0.377 e. The van der Waals surface area contributed by atoms with Crippen LogP contribution in [0.3, 0.4) is 0 Å². The van der Waals surface area contributed by atoms with Gasteiger partial charge < -0.3 is 5.32 Å². The summed E-state index contributed by atoms with van der Waals surface area (Å²) in [7, 11) is 0. The maximum absolute atomic E-state index is 12.9. The zero-order chi connectivity index (χ0) is 10.7. The van der Waals surface area contributed by atoms with Crippen LogP contribution in [0, 0.1) is 5.82 Å². The van der Waals surface area contributed by atoms with E-state index in [1.807, 2.05) is 19.1 Å². The van der Waals surface area contributed by atoms with Crippen LogP contribution in [-0.2, 0) is 0 Å². The molecule has 1 atom stereocenters. The zero-order valence-electron chi connectivity index (χ0n) is 8.37. The van der Waals surface area contributed by atoms with Gasteiger partial charge in [0.05, 0.1) is 11.7 Å². The fourth-order valence-electron chi connectivity index (χ4n) is 1.41. The van der Waals surface area contributed by atoms with Crippen molar-refractivity contribution in [3.8, 4) is 0 Å². The molecule has 0 aliphatic rings. The van der Waals surface area contributed by atoms with Crippen LogP contribution < -0.4 is 5.32 Å². The number of anilines is 1. The molecule has 0 fully saturated rings. The van der Waals surface area contributed by atoms with Crippen molar-refractivity contribution in [2.75, 3.05) is 5.32 Å². The number of benzene rings is 1. The van der Waals surface area contributed by atoms with Crippen LogP contribution in [0.25, 0.3) is 0 Å². The Kier molecular flexibility index (Phi) is 2.67. The molecule has 1 unspecified atom stereocenters. The molecule has 0 amide bonds. The molecule has 0 saturated carbocycles. The highest BCUT2D eigenvalue weighted by Gasteiger charge is 2.06. The van der Waals surface area contributed by atoms with E-state index in [-0.39, 0.29) is 11.9 Å². The largest absolute Gasteiger partial charge is 0.377 e. The van der Waals surface area contributed by atoms with Crippen LogP contribution in [0.15, 0.2) is 36.5 Å². The summed E-state index contributed by atoms with van der Waals surface area (Å²) in [6.45, 7) is 1.98. The molecule has 0 bridgehead atoms. The number of aromatic amines is 1. The summed E-state index contributed by atoms with van der Waals surface area (Å²) in [5.41, 5.74) is 1.73. The van der Waals surface area contributed by atoms with Gasteiger partial charge in [-0.05, 0) is 31.2 Å². The van der Waals surface area contributed by atoms with Gasteiger partial charge in [0.25, 0.3) is 0 Å². The van der Waals surface area contributed by atoms with E-state index in [4.69, 9.17) is 0 Å². The molecule has 1 aromatic carbocycles. The van der Waals surface area contributed by atoms with Crippen molar-refractivity contribution in [3.63, 3.8) is 0 Å². The monoisotopic (exact) mass is 205 g/mol. The third-order valence-corrected chi connectivity index (χ3v) is 2.20. The van der Waals surface area contributed by atoms with E-state index < -0.39 is 0 Å². The number of aromatic nitrogens is 2. The van der Waals surface area contributed by atoms with E-state index >= 15 is 0 Å². The smallest absolute Gasteiger partial charge is 0.125 e. The fourth-order valence-corrected chi connectivity index (χ4v) is 1.41. The van der Waals surface area contributed by atoms with Crippen molar-refractivity contribution in [1.82, 2.24) is 10.2 Å². The summed E-state index contributed by atoms with van der Waals surface area (Å²) in [4.78, 5) is 0. The van der Waals surface area contributed by atoms with Gasteiger partial charge in [-0.25, -0.2) is 4.39 Å². The first-order chi connectivity index (χ1) is 7.25. The molecule has 0 aliphatic carbocycles. The Labute approximate surface area is 87.3 Å². The van der Waals surface area contributed by atoms with Gasteiger partial charge in [0.15, 0.2) is 0 Å². The first-order valence-electron chi connectivity index (χ1n) is 4.77. The molecule has 4 heteroatoms. The van der Waals surface area contributed by atoms with Gasteiger partial charge in [0.2, 0.25) is 0 Å². The van der Waals surface area contributed by atoms with Crippen molar-refractivity contribution in [2.24, 2.45) is 0 Å². The molecule has 1 heterocycles. The van der Waals surface area contributed by atoms with Gasteiger partial charge in [-0.1, -0.05) is 6.07 Å². The standard InChI is InChI=1S/C11H12FN3/c1-8(11-5-6-13-15-11)14-10-4-2-3-9(12)7-10/h2-8,14H,1H3,(H,13,15). The molecule has 3 nitrogen and oxygen atoms in total. The van der Waals surface area contributed by atoms with Crippen LogP contribution in [0.4, 0.5) is 10.1 Å². The first-order valence-corrected chi connectivity index (χ1v) is 4.77. The van der Waals surface area contributed by atoms with E-state index in [0.29, 0.717) is 0 Å². The lowest BCUT2D eigenvalue weighted by Crippen LogP contribution is -2.07. The van der Waals surface area contributed by atoms with Crippen molar-refractivity contribution in [3.05, 3.63) is 48.0 Å². The number of hydrogen-bond donors (Lipinski definition) is 2. The quantitative estimate of drug-likeness (QED) is 0.808. The lowest BCUT2D eigenvalue weighted by Gasteiger charge is -2.13. The third-order valence-electron chi connectivity index (χ3n) is 2.20. The lowest BCUT2D eigenvalue weighted by molar-refractivity contribution is 0.628. The minimum absolute atomic E-state index is 0.0781. The Balaban J connectivity index is 2.09. The van der Waals surface area contributed by atoms with Gasteiger partial charge in [-0.3, -0.25) is 5.10 Å². The van der Waals surface area contributed by atoms with E-state index in [2.05, 4.69) is 15.5 Å². The summed E-state index contributed by atoms with van der Waals surface area (Å²) >= 11 is 0. The Morgan fingerprint density at radius 3 is 2.93 bits per heavy atom. The number of nitrogens with one attached hydrogen (secondary N) is 2. The number of hydrogen-bond acceptors (Lipinski definition) is 2. The molecule has 2 N–H and O–H groups in total. The zero-order valence-corrected chi connectivity index (χ0v) is 8.37. The summed E-state index contributed by atoms with van der Waals surface area (Å²) in [5, 5.41) is 9.90. The molecule has 0 spiro atoms. The molecule has 0 saturated heterocycles. The van der Waals surface area contributed by atoms with Gasteiger partial charge in [0, 0.05) is 11.9 Å². The highest BCUT2D eigenvalue weighted by atomic mass is 19.1. The number of halogens is 1. The van der Waals surface area contributed by atoms with E-state index in [1.54, 1.807) is 12.3 Å². The fraction of sp³-hybridized carbons (Fsp3) is 0.182. The molecule has 1 aromatic heterocycles. The van der Waals surface area contributed by atoms with Crippen molar-refractivity contribution < 1.29 is 4.39 Å². The molecular weight excluding hydrogens is 193 g/mol. The van der Waals surface area contributed by atoms with Gasteiger partial charge in [-0.15, -0.1) is 0 Å². The predicted molar refractivity (Wildman–Crippen MR) is 57.0 cm³/mol. The molecule has 15 heavy (non-hydrogen) atoms. The number of H-pyrrole nitrogens is 1. The van der Waals surface area contributed by atoms with Crippen LogP contribution in [0.1, 0.15) is 18.7 Å². The van der Waals surface area contributed by atoms with Crippen LogP contribution in [-0.4, -0.2) is 10.2 Å². The molecule has 78 valence electrons. The van der Waals surface area contributed by atoms with Gasteiger partial charge in [-0.2, -0.15) is 5.10 Å². The number of nitrogens with zero attached hydrogens (tertiary/aromatic N) is 1. The van der Waals surface area contributed by atoms with Crippen LogP contribution >= 0.6 is 0 Å². The Hall–Kier alpha value is -1.84. The molecule has 2 rings (SSSR count). The van der Waals surface area contributed by atoms with Gasteiger partial charge >= 0.3 is 0 Å². The highest BCUT2D eigenvalue weighted by molar-refractivity contribution is 5.44. The second-order valence-electron chi connectivity index (χ2n) is 3.39. The minimum atomic E-state index is -0.239. The first kappa shape index (κ1) is 9.71. The molecule has 0 radical (unpaired) electrons. The normalized spacial score (nSPS) is 12.4. The Morgan fingerprint density at radius 2 is 2.27 bits per heavy atom. The average molecular weight is 205 g/mol. The van der Waals surface area contributed by atoms with Crippen molar-refractivity contribution in [1.29, 1.82) is 0 Å². The SMILES string of the molecule is CC(Nc1cccc(F)c1)c1ccn[nH]1. The molecule has 2 aromatic rings. The summed E-state index contributed by atoms with van der Waals surface area (Å²) in [6, 6.07) is 8.36. The maximum Gasteiger partial charge on any atom is 0.125 e. The Bertz CT molecular complexity index is 425. The topological polar surface area (TPSA) is 40.7 Å². The lowest BCUT2D eigenvalue weighted by atomic mass is 10.2. The van der Waals surface area contributed by atoms with Crippen molar-refractivity contribution >= 4 is 5.69 Å². The highest BCUT2D eigenvalue weighted by Crippen LogP contribution is 2.17. The second kappa shape index (κ2) is 4.13. The predicted octanol–water partition coefficient (Wildman–Crippen LogP) is 2.72. The summed E-state index contributed by atoms with van der Waals surface area (Å²) in [5.74, 6) is -0.239. The second-order valence-corrected chi connectivity index (χ2v) is 3.39. The third kappa shape index (κ3) is 2.34. The molecular formula is C11H12FN3. The van der Waals surface area contributed by atoms with E-state index in [0.717, 1.165) is 11.4 Å². The Morgan fingerprint density at radius 1 is 1.40 bits per heavy atom.